The smallest absolute Gasteiger partial charge is 0.416 e. The normalized spacial score (nSPS) is 11.8. The van der Waals surface area contributed by atoms with E-state index in [1.807, 2.05) is 6.92 Å². The van der Waals surface area contributed by atoms with Gasteiger partial charge in [0, 0.05) is 6.08 Å². The van der Waals surface area contributed by atoms with Gasteiger partial charge in [-0.25, -0.2) is 4.79 Å². The zero-order chi connectivity index (χ0) is 21.9. The highest BCUT2D eigenvalue weighted by Crippen LogP contribution is 2.29. The quantitative estimate of drug-likeness (QED) is 0.594. The lowest BCUT2D eigenvalue weighted by atomic mass is 10.1. The molecule has 0 aliphatic carbocycles. The molecule has 6 nitrogen and oxygen atoms in total. The zero-order valence-corrected chi connectivity index (χ0v) is 16.1. The van der Waals surface area contributed by atoms with Crippen LogP contribution in [0.1, 0.15) is 28.1 Å². The standard InChI is InChI=1S/C21H18F3N3O3/c1-13-11-18(9-3-15(13)4-10-20(28)29)30-12-19-14(2)25-27(26-19)17-7-5-16(6-8-17)21(22,23)24/h3-11H,12H2,1-2H3,(H,28,29)/b10-4-. The van der Waals surface area contributed by atoms with Crippen LogP contribution in [0.2, 0.25) is 0 Å². The van der Waals surface area contributed by atoms with Gasteiger partial charge in [-0.1, -0.05) is 6.07 Å². The molecule has 0 bridgehead atoms. The zero-order valence-electron chi connectivity index (χ0n) is 16.1. The van der Waals surface area contributed by atoms with Gasteiger partial charge in [0.25, 0.3) is 0 Å². The van der Waals surface area contributed by atoms with E-state index in [1.165, 1.54) is 23.0 Å². The van der Waals surface area contributed by atoms with E-state index in [-0.39, 0.29) is 6.61 Å². The number of carboxylic acid groups (broad SMARTS) is 1. The molecule has 0 unspecified atom stereocenters. The number of carboxylic acids is 1. The van der Waals surface area contributed by atoms with Crippen molar-refractivity contribution in [1.29, 1.82) is 0 Å². The number of aliphatic carboxylic acids is 1. The molecule has 1 aromatic heterocycles. The highest BCUT2D eigenvalue weighted by Gasteiger charge is 2.30. The van der Waals surface area contributed by atoms with E-state index in [2.05, 4.69) is 10.2 Å². The van der Waals surface area contributed by atoms with Crippen LogP contribution in [-0.4, -0.2) is 26.1 Å². The minimum Gasteiger partial charge on any atom is -0.487 e. The highest BCUT2D eigenvalue weighted by molar-refractivity contribution is 5.85. The summed E-state index contributed by atoms with van der Waals surface area (Å²) in [5, 5.41) is 17.2. The first kappa shape index (κ1) is 21.1. The number of nitrogens with zero attached hydrogens (tertiary/aromatic N) is 3. The minimum atomic E-state index is -4.40. The van der Waals surface area contributed by atoms with Gasteiger partial charge >= 0.3 is 12.1 Å². The fraction of sp³-hybridized carbons (Fsp3) is 0.190. The van der Waals surface area contributed by atoms with E-state index in [0.717, 1.165) is 29.3 Å². The van der Waals surface area contributed by atoms with Crippen LogP contribution in [0.4, 0.5) is 13.2 Å². The average molecular weight is 417 g/mol. The van der Waals surface area contributed by atoms with E-state index in [4.69, 9.17) is 9.84 Å². The molecule has 0 saturated carbocycles. The summed E-state index contributed by atoms with van der Waals surface area (Å²) in [6, 6.07) is 9.80. The van der Waals surface area contributed by atoms with E-state index in [0.29, 0.717) is 22.8 Å². The first-order valence-electron chi connectivity index (χ1n) is 8.88. The van der Waals surface area contributed by atoms with Crippen LogP contribution >= 0.6 is 0 Å². The van der Waals surface area contributed by atoms with E-state index < -0.39 is 17.7 Å². The van der Waals surface area contributed by atoms with Crippen molar-refractivity contribution in [2.24, 2.45) is 0 Å². The molecular weight excluding hydrogens is 399 g/mol. The largest absolute Gasteiger partial charge is 0.487 e. The molecule has 0 spiro atoms. The van der Waals surface area contributed by atoms with Gasteiger partial charge in [0.2, 0.25) is 0 Å². The summed E-state index contributed by atoms with van der Waals surface area (Å²) in [7, 11) is 0. The van der Waals surface area contributed by atoms with Gasteiger partial charge < -0.3 is 9.84 Å². The number of benzene rings is 2. The van der Waals surface area contributed by atoms with Gasteiger partial charge in [0.15, 0.2) is 0 Å². The lowest BCUT2D eigenvalue weighted by molar-refractivity contribution is -0.137. The van der Waals surface area contributed by atoms with E-state index in [9.17, 15) is 18.0 Å². The molecule has 1 heterocycles. The van der Waals surface area contributed by atoms with E-state index >= 15 is 0 Å². The van der Waals surface area contributed by atoms with Gasteiger partial charge in [-0.2, -0.15) is 23.1 Å². The molecule has 3 aromatic rings. The second kappa shape index (κ2) is 8.40. The molecule has 156 valence electrons. The fourth-order valence-corrected chi connectivity index (χ4v) is 2.68. The number of rotatable bonds is 6. The number of alkyl halides is 3. The predicted octanol–water partition coefficient (Wildman–Crippen LogP) is 4.58. The maximum absolute atomic E-state index is 12.7. The number of ether oxygens (including phenoxy) is 1. The van der Waals surface area contributed by atoms with Crippen LogP contribution in [0, 0.1) is 13.8 Å². The Bertz CT molecular complexity index is 1090. The Balaban J connectivity index is 1.71. The SMILES string of the molecule is Cc1cc(OCc2nn(-c3ccc(C(F)(F)F)cc3)nc2C)ccc1/C=C\C(=O)O. The summed E-state index contributed by atoms with van der Waals surface area (Å²) in [4.78, 5) is 11.9. The number of hydrogen-bond donors (Lipinski definition) is 1. The summed E-state index contributed by atoms with van der Waals surface area (Å²) in [6.07, 6.45) is -1.84. The van der Waals surface area contributed by atoms with Crippen molar-refractivity contribution in [3.63, 3.8) is 0 Å². The Hall–Kier alpha value is -3.62. The average Bonchev–Trinajstić information content (AvgIpc) is 3.05. The first-order chi connectivity index (χ1) is 14.1. The van der Waals surface area contributed by atoms with Crippen LogP contribution < -0.4 is 4.74 Å². The molecule has 0 saturated heterocycles. The van der Waals surface area contributed by atoms with Crippen LogP contribution in [0.15, 0.2) is 48.5 Å². The van der Waals surface area contributed by atoms with E-state index in [1.54, 1.807) is 25.1 Å². The molecule has 0 atom stereocenters. The predicted molar refractivity (Wildman–Crippen MR) is 103 cm³/mol. The molecule has 0 aliphatic rings. The third-order valence-corrected chi connectivity index (χ3v) is 4.33. The second-order valence-electron chi connectivity index (χ2n) is 6.54. The molecule has 3 rings (SSSR count). The maximum Gasteiger partial charge on any atom is 0.416 e. The van der Waals surface area contributed by atoms with Crippen molar-refractivity contribution in [1.82, 2.24) is 15.0 Å². The Kier molecular flexibility index (Phi) is 5.91. The Labute approximate surface area is 170 Å². The van der Waals surface area contributed by atoms with Crippen molar-refractivity contribution in [2.45, 2.75) is 26.6 Å². The van der Waals surface area contributed by atoms with Gasteiger partial charge in [0.05, 0.1) is 16.9 Å². The number of carbonyl (C=O) groups is 1. The van der Waals surface area contributed by atoms with Crippen molar-refractivity contribution in [3.05, 3.63) is 76.6 Å². The number of aryl methyl sites for hydroxylation is 2. The third kappa shape index (κ3) is 5.05. The second-order valence-corrected chi connectivity index (χ2v) is 6.54. The molecule has 0 amide bonds. The number of aromatic nitrogens is 3. The van der Waals surface area contributed by atoms with Gasteiger partial charge in [0.1, 0.15) is 18.1 Å². The van der Waals surface area contributed by atoms with Crippen LogP contribution in [0.25, 0.3) is 11.8 Å². The van der Waals surface area contributed by atoms with Crippen LogP contribution in [0.5, 0.6) is 5.75 Å². The third-order valence-electron chi connectivity index (χ3n) is 4.33. The lowest BCUT2D eigenvalue weighted by Gasteiger charge is -2.08. The van der Waals surface area contributed by atoms with Crippen molar-refractivity contribution < 1.29 is 27.8 Å². The maximum atomic E-state index is 12.7. The Morgan fingerprint density at radius 2 is 1.83 bits per heavy atom. The monoisotopic (exact) mass is 417 g/mol. The summed E-state index contributed by atoms with van der Waals surface area (Å²) in [6.45, 7) is 3.69. The topological polar surface area (TPSA) is 77.2 Å². The molecular formula is C21H18F3N3O3. The van der Waals surface area contributed by atoms with Crippen molar-refractivity contribution >= 4 is 12.0 Å². The first-order valence-corrected chi connectivity index (χ1v) is 8.88. The summed E-state index contributed by atoms with van der Waals surface area (Å²) >= 11 is 0. The molecule has 1 N–H and O–H groups in total. The summed E-state index contributed by atoms with van der Waals surface area (Å²) in [5.74, 6) is -0.454. The molecule has 9 heteroatoms. The fourth-order valence-electron chi connectivity index (χ4n) is 2.68. The van der Waals surface area contributed by atoms with Crippen molar-refractivity contribution in [2.75, 3.05) is 0 Å². The molecule has 0 fully saturated rings. The Morgan fingerprint density at radius 1 is 1.13 bits per heavy atom. The summed E-state index contributed by atoms with van der Waals surface area (Å²) in [5.41, 5.74) is 2.40. The minimum absolute atomic E-state index is 0.121. The summed E-state index contributed by atoms with van der Waals surface area (Å²) < 4.78 is 43.8. The van der Waals surface area contributed by atoms with Gasteiger partial charge in [-0.05, 0) is 67.4 Å². The Morgan fingerprint density at radius 3 is 2.43 bits per heavy atom. The molecule has 30 heavy (non-hydrogen) atoms. The number of halogens is 3. The lowest BCUT2D eigenvalue weighted by Crippen LogP contribution is -2.06. The van der Waals surface area contributed by atoms with Gasteiger partial charge in [-0.3, -0.25) is 0 Å². The molecule has 2 aromatic carbocycles. The highest BCUT2D eigenvalue weighted by atomic mass is 19.4. The number of hydrogen-bond acceptors (Lipinski definition) is 4. The van der Waals surface area contributed by atoms with Gasteiger partial charge in [-0.15, -0.1) is 5.10 Å². The van der Waals surface area contributed by atoms with Crippen molar-refractivity contribution in [3.8, 4) is 11.4 Å². The van der Waals surface area contributed by atoms with Crippen LogP contribution in [-0.2, 0) is 17.6 Å². The van der Waals surface area contributed by atoms with Crippen LogP contribution in [0.3, 0.4) is 0 Å². The molecule has 0 aliphatic heterocycles. The molecule has 0 radical (unpaired) electrons.